The molecule has 0 aliphatic carbocycles. The van der Waals surface area contributed by atoms with Gasteiger partial charge in [-0.1, -0.05) is 38.8 Å². The molecular formula is C19H28N2. The molecule has 0 aliphatic rings. The number of unbranched alkanes of at least 4 members (excludes halogenated alkanes) is 2. The van der Waals surface area contributed by atoms with E-state index in [9.17, 15) is 0 Å². The van der Waals surface area contributed by atoms with Gasteiger partial charge in [-0.15, -0.1) is 0 Å². The summed E-state index contributed by atoms with van der Waals surface area (Å²) >= 11 is 0. The van der Waals surface area contributed by atoms with Gasteiger partial charge < -0.3 is 9.88 Å². The topological polar surface area (TPSA) is 17.0 Å². The first-order valence-corrected chi connectivity index (χ1v) is 8.30. The number of aromatic nitrogens is 1. The molecule has 21 heavy (non-hydrogen) atoms. The summed E-state index contributed by atoms with van der Waals surface area (Å²) in [6.07, 6.45) is 8.46. The number of nitrogens with one attached hydrogen (secondary N) is 1. The van der Waals surface area contributed by atoms with E-state index in [2.05, 4.69) is 66.3 Å². The summed E-state index contributed by atoms with van der Waals surface area (Å²) in [5.74, 6) is 0. The minimum atomic E-state index is 0.891. The molecule has 2 heteroatoms. The molecular weight excluding hydrogens is 256 g/mol. The van der Waals surface area contributed by atoms with Crippen molar-refractivity contribution in [1.82, 2.24) is 4.57 Å². The summed E-state index contributed by atoms with van der Waals surface area (Å²) in [6, 6.07) is 13.2. The third kappa shape index (κ3) is 4.96. The zero-order valence-electron chi connectivity index (χ0n) is 13.4. The van der Waals surface area contributed by atoms with Crippen molar-refractivity contribution in [3.63, 3.8) is 0 Å². The third-order valence-electron chi connectivity index (χ3n) is 3.88. The molecule has 2 nitrogen and oxygen atoms in total. The first kappa shape index (κ1) is 15.7. The van der Waals surface area contributed by atoms with E-state index >= 15 is 0 Å². The maximum absolute atomic E-state index is 3.52. The van der Waals surface area contributed by atoms with E-state index in [1.807, 2.05) is 0 Å². The fourth-order valence-corrected chi connectivity index (χ4v) is 2.63. The minimum absolute atomic E-state index is 0.891. The monoisotopic (exact) mass is 284 g/mol. The zero-order chi connectivity index (χ0) is 14.9. The van der Waals surface area contributed by atoms with E-state index in [4.69, 9.17) is 0 Å². The Kier molecular flexibility index (Phi) is 6.39. The molecule has 2 rings (SSSR count). The van der Waals surface area contributed by atoms with Crippen molar-refractivity contribution in [2.24, 2.45) is 0 Å². The molecule has 0 bridgehead atoms. The van der Waals surface area contributed by atoms with E-state index < -0.39 is 0 Å². The molecule has 0 amide bonds. The van der Waals surface area contributed by atoms with Crippen molar-refractivity contribution in [2.75, 3.05) is 5.32 Å². The van der Waals surface area contributed by atoms with Gasteiger partial charge in [0.2, 0.25) is 0 Å². The Morgan fingerprint density at radius 3 is 2.48 bits per heavy atom. The molecule has 1 heterocycles. The smallest absolute Gasteiger partial charge is 0.0553 e. The van der Waals surface area contributed by atoms with Gasteiger partial charge in [0.15, 0.2) is 0 Å². The van der Waals surface area contributed by atoms with Gasteiger partial charge in [0.25, 0.3) is 0 Å². The number of anilines is 1. The Labute approximate surface area is 129 Å². The minimum Gasteiger partial charge on any atom is -0.379 e. The van der Waals surface area contributed by atoms with Crippen LogP contribution in [-0.2, 0) is 19.5 Å². The maximum atomic E-state index is 3.52. The molecule has 2 aromatic rings. The summed E-state index contributed by atoms with van der Waals surface area (Å²) in [7, 11) is 0. The maximum Gasteiger partial charge on any atom is 0.0553 e. The van der Waals surface area contributed by atoms with Crippen LogP contribution in [0.3, 0.4) is 0 Å². The van der Waals surface area contributed by atoms with Crippen LogP contribution in [0.15, 0.2) is 42.6 Å². The lowest BCUT2D eigenvalue weighted by atomic mass is 10.1. The molecule has 0 aliphatic heterocycles. The van der Waals surface area contributed by atoms with Crippen LogP contribution >= 0.6 is 0 Å². The molecule has 1 aromatic heterocycles. The molecule has 0 spiro atoms. The van der Waals surface area contributed by atoms with E-state index in [1.54, 1.807) is 0 Å². The highest BCUT2D eigenvalue weighted by Gasteiger charge is 2.00. The van der Waals surface area contributed by atoms with Gasteiger partial charge in [-0.05, 0) is 49.1 Å². The van der Waals surface area contributed by atoms with Gasteiger partial charge >= 0.3 is 0 Å². The average molecular weight is 284 g/mol. The van der Waals surface area contributed by atoms with Crippen LogP contribution in [0.4, 0.5) is 5.69 Å². The number of aryl methyl sites for hydroxylation is 2. The highest BCUT2D eigenvalue weighted by atomic mass is 15.0. The highest BCUT2D eigenvalue weighted by molar-refractivity contribution is 5.44. The average Bonchev–Trinajstić information content (AvgIpc) is 2.94. The Morgan fingerprint density at radius 1 is 0.952 bits per heavy atom. The second-order valence-electron chi connectivity index (χ2n) is 5.70. The lowest BCUT2D eigenvalue weighted by molar-refractivity contribution is 0.654. The van der Waals surface area contributed by atoms with Gasteiger partial charge in [-0.2, -0.15) is 0 Å². The molecule has 1 aromatic carbocycles. The van der Waals surface area contributed by atoms with Crippen molar-refractivity contribution in [3.8, 4) is 0 Å². The Bertz CT molecular complexity index is 511. The van der Waals surface area contributed by atoms with E-state index in [0.29, 0.717) is 0 Å². The SMILES string of the molecule is CCCCCc1ccc(NCc2cccn2CCC)cc1. The van der Waals surface area contributed by atoms with Gasteiger partial charge in [-0.3, -0.25) is 0 Å². The first-order chi connectivity index (χ1) is 10.3. The van der Waals surface area contributed by atoms with Gasteiger partial charge in [-0.25, -0.2) is 0 Å². The summed E-state index contributed by atoms with van der Waals surface area (Å²) in [4.78, 5) is 0. The largest absolute Gasteiger partial charge is 0.379 e. The zero-order valence-corrected chi connectivity index (χ0v) is 13.4. The summed E-state index contributed by atoms with van der Waals surface area (Å²) in [5.41, 5.74) is 4.01. The van der Waals surface area contributed by atoms with Crippen molar-refractivity contribution in [1.29, 1.82) is 0 Å². The molecule has 0 saturated heterocycles. The van der Waals surface area contributed by atoms with Crippen molar-refractivity contribution < 1.29 is 0 Å². The number of hydrogen-bond acceptors (Lipinski definition) is 1. The number of benzene rings is 1. The third-order valence-corrected chi connectivity index (χ3v) is 3.88. The van der Waals surface area contributed by atoms with Crippen molar-refractivity contribution >= 4 is 5.69 Å². The van der Waals surface area contributed by atoms with Gasteiger partial charge in [0.1, 0.15) is 0 Å². The summed E-state index contributed by atoms with van der Waals surface area (Å²) in [6.45, 7) is 6.46. The summed E-state index contributed by atoms with van der Waals surface area (Å²) < 4.78 is 2.33. The molecule has 0 saturated carbocycles. The van der Waals surface area contributed by atoms with Crippen LogP contribution in [-0.4, -0.2) is 4.57 Å². The fourth-order valence-electron chi connectivity index (χ4n) is 2.63. The standard InChI is InChI=1S/C19H28N2/c1-3-5-6-8-17-10-12-18(13-11-17)20-16-19-9-7-15-21(19)14-4-2/h7,9-13,15,20H,3-6,8,14,16H2,1-2H3. The van der Waals surface area contributed by atoms with Crippen LogP contribution in [0.25, 0.3) is 0 Å². The highest BCUT2D eigenvalue weighted by Crippen LogP contribution is 2.14. The van der Waals surface area contributed by atoms with E-state index in [0.717, 1.165) is 13.1 Å². The number of hydrogen-bond donors (Lipinski definition) is 1. The van der Waals surface area contributed by atoms with Crippen LogP contribution in [0.2, 0.25) is 0 Å². The second kappa shape index (κ2) is 8.56. The van der Waals surface area contributed by atoms with Crippen LogP contribution < -0.4 is 5.32 Å². The van der Waals surface area contributed by atoms with Crippen LogP contribution in [0.5, 0.6) is 0 Å². The summed E-state index contributed by atoms with van der Waals surface area (Å²) in [5, 5.41) is 3.52. The Hall–Kier alpha value is -1.70. The first-order valence-electron chi connectivity index (χ1n) is 8.30. The molecule has 0 unspecified atom stereocenters. The van der Waals surface area contributed by atoms with Crippen LogP contribution in [0, 0.1) is 0 Å². The van der Waals surface area contributed by atoms with Crippen molar-refractivity contribution in [2.45, 2.75) is 59.0 Å². The molecule has 0 atom stereocenters. The van der Waals surface area contributed by atoms with Gasteiger partial charge in [0, 0.05) is 24.1 Å². The quantitative estimate of drug-likeness (QED) is 0.623. The lowest BCUT2D eigenvalue weighted by Gasteiger charge is -2.11. The van der Waals surface area contributed by atoms with Crippen LogP contribution in [0.1, 0.15) is 50.8 Å². The number of nitrogens with zero attached hydrogens (tertiary/aromatic N) is 1. The van der Waals surface area contributed by atoms with E-state index in [1.165, 1.54) is 49.0 Å². The predicted molar refractivity (Wildman–Crippen MR) is 91.7 cm³/mol. The molecule has 0 radical (unpaired) electrons. The normalized spacial score (nSPS) is 10.8. The second-order valence-corrected chi connectivity index (χ2v) is 5.70. The molecule has 1 N–H and O–H groups in total. The molecule has 0 fully saturated rings. The Balaban J connectivity index is 1.84. The lowest BCUT2D eigenvalue weighted by Crippen LogP contribution is -2.06. The fraction of sp³-hybridized carbons (Fsp3) is 0.474. The van der Waals surface area contributed by atoms with Crippen molar-refractivity contribution in [3.05, 3.63) is 53.9 Å². The molecule has 114 valence electrons. The Morgan fingerprint density at radius 2 is 1.76 bits per heavy atom. The van der Waals surface area contributed by atoms with E-state index in [-0.39, 0.29) is 0 Å². The van der Waals surface area contributed by atoms with Gasteiger partial charge in [0.05, 0.1) is 6.54 Å². The predicted octanol–water partition coefficient (Wildman–Crippen LogP) is 5.24. The number of rotatable bonds is 9.